The minimum absolute atomic E-state index is 0.0215. The largest absolute Gasteiger partial charge is 0.465 e. The standard InChI is InChI=1S/C11H15N3O2.C10H15N3S/c1-9-3-2-4-10(12-9)13-5-7-14(8-6-13)11(15)16;1-10(2,3)13-9(14)12-8-5-4-6-11-7-8/h2-4H,5-8H2,1H3,(H,15,16);4-7H,1-3H3,(H2,12,13,14). The van der Waals surface area contributed by atoms with Crippen molar-refractivity contribution in [3.05, 3.63) is 48.4 Å². The number of nitrogens with one attached hydrogen (secondary N) is 2. The van der Waals surface area contributed by atoms with Gasteiger partial charge in [-0.05, 0) is 64.2 Å². The van der Waals surface area contributed by atoms with Crippen molar-refractivity contribution < 1.29 is 9.90 Å². The molecule has 2 aromatic rings. The fraction of sp³-hybridized carbons (Fsp3) is 0.429. The average Bonchev–Trinajstić information content (AvgIpc) is 2.68. The van der Waals surface area contributed by atoms with E-state index >= 15 is 0 Å². The molecular formula is C21H30N6O2S. The summed E-state index contributed by atoms with van der Waals surface area (Å²) in [6, 6.07) is 9.67. The Hall–Kier alpha value is -2.94. The lowest BCUT2D eigenvalue weighted by Gasteiger charge is -2.33. The van der Waals surface area contributed by atoms with Crippen LogP contribution < -0.4 is 15.5 Å². The Labute approximate surface area is 183 Å². The molecule has 0 radical (unpaired) electrons. The Kier molecular flexibility index (Phi) is 8.35. The number of pyridine rings is 2. The molecule has 162 valence electrons. The van der Waals surface area contributed by atoms with E-state index in [2.05, 4.69) is 46.3 Å². The molecule has 0 unspecified atom stereocenters. The second kappa shape index (κ2) is 10.7. The SMILES string of the molecule is CC(C)(C)NC(=S)Nc1cccnc1.Cc1cccc(N2CCN(C(=O)O)CC2)n1. The van der Waals surface area contributed by atoms with Crippen LogP contribution in [0.4, 0.5) is 16.3 Å². The molecule has 0 aromatic carbocycles. The topological polar surface area (TPSA) is 93.6 Å². The maximum Gasteiger partial charge on any atom is 0.407 e. The third kappa shape index (κ3) is 8.20. The van der Waals surface area contributed by atoms with Gasteiger partial charge in [-0.1, -0.05) is 6.07 Å². The van der Waals surface area contributed by atoms with E-state index in [4.69, 9.17) is 17.3 Å². The fourth-order valence-electron chi connectivity index (χ4n) is 2.77. The molecule has 1 saturated heterocycles. The number of amides is 1. The van der Waals surface area contributed by atoms with Crippen LogP contribution in [0.25, 0.3) is 0 Å². The molecule has 3 rings (SSSR count). The second-order valence-corrected chi connectivity index (χ2v) is 8.37. The highest BCUT2D eigenvalue weighted by Gasteiger charge is 2.20. The minimum atomic E-state index is -0.836. The first-order chi connectivity index (χ1) is 14.1. The molecule has 3 heterocycles. The van der Waals surface area contributed by atoms with Crippen LogP contribution in [-0.4, -0.2) is 62.9 Å². The lowest BCUT2D eigenvalue weighted by molar-refractivity contribution is 0.142. The smallest absolute Gasteiger partial charge is 0.407 e. The van der Waals surface area contributed by atoms with E-state index in [1.54, 1.807) is 12.4 Å². The van der Waals surface area contributed by atoms with Crippen LogP contribution >= 0.6 is 12.2 Å². The van der Waals surface area contributed by atoms with E-state index in [0.717, 1.165) is 17.2 Å². The first-order valence-corrected chi connectivity index (χ1v) is 10.2. The van der Waals surface area contributed by atoms with Gasteiger partial charge in [0.25, 0.3) is 0 Å². The minimum Gasteiger partial charge on any atom is -0.465 e. The van der Waals surface area contributed by atoms with Crippen molar-refractivity contribution >= 4 is 34.9 Å². The summed E-state index contributed by atoms with van der Waals surface area (Å²) in [5.74, 6) is 0.935. The van der Waals surface area contributed by atoms with E-state index in [1.165, 1.54) is 4.90 Å². The summed E-state index contributed by atoms with van der Waals surface area (Å²) < 4.78 is 0. The Morgan fingerprint density at radius 1 is 1.13 bits per heavy atom. The predicted molar refractivity (Wildman–Crippen MR) is 124 cm³/mol. The predicted octanol–water partition coefficient (Wildman–Crippen LogP) is 3.36. The number of hydrogen-bond donors (Lipinski definition) is 3. The molecule has 0 aliphatic carbocycles. The number of carboxylic acid groups (broad SMARTS) is 1. The molecule has 3 N–H and O–H groups in total. The van der Waals surface area contributed by atoms with Gasteiger partial charge in [-0.25, -0.2) is 9.78 Å². The number of thiocarbonyl (C=S) groups is 1. The average molecular weight is 431 g/mol. The number of carbonyl (C=O) groups is 1. The zero-order valence-electron chi connectivity index (χ0n) is 17.9. The molecule has 8 nitrogen and oxygen atoms in total. The molecule has 0 atom stereocenters. The van der Waals surface area contributed by atoms with Crippen LogP contribution in [0.2, 0.25) is 0 Å². The number of anilines is 2. The zero-order chi connectivity index (χ0) is 22.1. The van der Waals surface area contributed by atoms with Crippen molar-refractivity contribution in [2.75, 3.05) is 36.4 Å². The van der Waals surface area contributed by atoms with Crippen molar-refractivity contribution in [3.8, 4) is 0 Å². The van der Waals surface area contributed by atoms with Gasteiger partial charge in [-0.15, -0.1) is 0 Å². The van der Waals surface area contributed by atoms with Crippen LogP contribution in [0.3, 0.4) is 0 Å². The van der Waals surface area contributed by atoms with E-state index in [1.807, 2.05) is 37.3 Å². The van der Waals surface area contributed by atoms with Gasteiger partial charge in [0, 0.05) is 43.6 Å². The van der Waals surface area contributed by atoms with Crippen LogP contribution in [-0.2, 0) is 0 Å². The summed E-state index contributed by atoms with van der Waals surface area (Å²) in [5.41, 5.74) is 1.86. The monoisotopic (exact) mass is 430 g/mol. The third-order valence-electron chi connectivity index (χ3n) is 4.16. The molecular weight excluding hydrogens is 400 g/mol. The Morgan fingerprint density at radius 2 is 1.83 bits per heavy atom. The lowest BCUT2D eigenvalue weighted by Crippen LogP contribution is -2.48. The van der Waals surface area contributed by atoms with Crippen LogP contribution in [0.1, 0.15) is 26.5 Å². The molecule has 0 bridgehead atoms. The third-order valence-corrected chi connectivity index (χ3v) is 4.36. The molecule has 1 aliphatic rings. The number of nitrogens with zero attached hydrogens (tertiary/aromatic N) is 4. The zero-order valence-corrected chi connectivity index (χ0v) is 18.7. The number of aryl methyl sites for hydroxylation is 1. The van der Waals surface area contributed by atoms with E-state index in [9.17, 15) is 4.79 Å². The van der Waals surface area contributed by atoms with Crippen LogP contribution in [0.5, 0.6) is 0 Å². The van der Waals surface area contributed by atoms with Crippen molar-refractivity contribution in [1.29, 1.82) is 0 Å². The van der Waals surface area contributed by atoms with Crippen molar-refractivity contribution in [2.24, 2.45) is 0 Å². The summed E-state index contributed by atoms with van der Waals surface area (Å²) in [4.78, 5) is 22.7. The number of rotatable bonds is 2. The molecule has 9 heteroatoms. The summed E-state index contributed by atoms with van der Waals surface area (Å²) in [5, 5.41) is 15.7. The van der Waals surface area contributed by atoms with Crippen LogP contribution in [0.15, 0.2) is 42.7 Å². The Morgan fingerprint density at radius 3 is 2.37 bits per heavy atom. The molecule has 0 spiro atoms. The van der Waals surface area contributed by atoms with Gasteiger partial charge < -0.3 is 25.5 Å². The molecule has 1 aliphatic heterocycles. The summed E-state index contributed by atoms with van der Waals surface area (Å²) in [6.45, 7) is 10.6. The fourth-order valence-corrected chi connectivity index (χ4v) is 3.20. The quantitative estimate of drug-likeness (QED) is 0.625. The van der Waals surface area contributed by atoms with Gasteiger partial charge in [0.05, 0.1) is 11.9 Å². The molecule has 1 amide bonds. The van der Waals surface area contributed by atoms with Crippen molar-refractivity contribution in [2.45, 2.75) is 33.2 Å². The maximum absolute atomic E-state index is 10.7. The van der Waals surface area contributed by atoms with Crippen molar-refractivity contribution in [3.63, 3.8) is 0 Å². The van der Waals surface area contributed by atoms with Gasteiger partial charge in [0.2, 0.25) is 0 Å². The summed E-state index contributed by atoms with van der Waals surface area (Å²) >= 11 is 5.13. The first kappa shape index (κ1) is 23.3. The van der Waals surface area contributed by atoms with Gasteiger partial charge >= 0.3 is 6.09 Å². The van der Waals surface area contributed by atoms with E-state index in [0.29, 0.717) is 31.3 Å². The summed E-state index contributed by atoms with van der Waals surface area (Å²) in [7, 11) is 0. The highest BCUT2D eigenvalue weighted by molar-refractivity contribution is 7.80. The van der Waals surface area contributed by atoms with E-state index in [-0.39, 0.29) is 5.54 Å². The number of piperazine rings is 1. The van der Waals surface area contributed by atoms with Crippen molar-refractivity contribution in [1.82, 2.24) is 20.2 Å². The van der Waals surface area contributed by atoms with Gasteiger partial charge in [-0.3, -0.25) is 4.98 Å². The molecule has 2 aromatic heterocycles. The number of aromatic nitrogens is 2. The number of hydrogen-bond acceptors (Lipinski definition) is 5. The molecule has 0 saturated carbocycles. The normalized spacial score (nSPS) is 13.7. The van der Waals surface area contributed by atoms with Gasteiger partial charge in [0.1, 0.15) is 5.82 Å². The van der Waals surface area contributed by atoms with Gasteiger partial charge in [0.15, 0.2) is 5.11 Å². The summed E-state index contributed by atoms with van der Waals surface area (Å²) in [6.07, 6.45) is 2.62. The van der Waals surface area contributed by atoms with Gasteiger partial charge in [-0.2, -0.15) is 0 Å². The Balaban J connectivity index is 0.000000216. The second-order valence-electron chi connectivity index (χ2n) is 7.96. The van der Waals surface area contributed by atoms with E-state index < -0.39 is 6.09 Å². The molecule has 30 heavy (non-hydrogen) atoms. The Bertz CT molecular complexity index is 833. The molecule has 1 fully saturated rings. The highest BCUT2D eigenvalue weighted by Crippen LogP contribution is 2.13. The first-order valence-electron chi connectivity index (χ1n) is 9.80. The lowest BCUT2D eigenvalue weighted by atomic mass is 10.1. The van der Waals surface area contributed by atoms with Crippen LogP contribution in [0, 0.1) is 6.92 Å². The highest BCUT2D eigenvalue weighted by atomic mass is 32.1. The maximum atomic E-state index is 10.7.